The molecule has 226 valence electrons. The summed E-state index contributed by atoms with van der Waals surface area (Å²) in [5, 5.41) is 11.0. The standard InChI is InChI=1S/C27H30F3N5O7/c1-15-20(37-3)21(38-4)22(39-5)25(40-15)42-31-14-16-6-8-17(9-7-16)23-32-26(35(2)34-23)33-24(36)18-10-12-19(13-11-18)41-27(28,29)30/h6-15,20-22,25H,1-5H3,(H,32,33,34,36)/t15-,20-,21+,22+,25-/m0/s1. The minimum atomic E-state index is -4.82. The molecule has 1 N–H and O–H groups in total. The number of anilines is 1. The van der Waals surface area contributed by atoms with Crippen molar-refractivity contribution < 1.29 is 46.5 Å². The molecule has 1 amide bonds. The third-order valence-electron chi connectivity index (χ3n) is 6.42. The number of ether oxygens (including phenoxy) is 5. The molecule has 0 unspecified atom stereocenters. The van der Waals surface area contributed by atoms with Crippen molar-refractivity contribution in [3.63, 3.8) is 0 Å². The molecule has 0 aliphatic carbocycles. The van der Waals surface area contributed by atoms with E-state index in [2.05, 4.69) is 25.3 Å². The van der Waals surface area contributed by atoms with Crippen molar-refractivity contribution in [1.29, 1.82) is 0 Å². The van der Waals surface area contributed by atoms with Crippen LogP contribution in [-0.2, 0) is 30.8 Å². The number of nitrogens with zero attached hydrogens (tertiary/aromatic N) is 4. The molecule has 1 aliphatic heterocycles. The van der Waals surface area contributed by atoms with Gasteiger partial charge in [-0.05, 0) is 36.8 Å². The molecule has 5 atom stereocenters. The molecule has 4 rings (SSSR count). The van der Waals surface area contributed by atoms with E-state index in [1.807, 2.05) is 6.92 Å². The lowest BCUT2D eigenvalue weighted by Gasteiger charge is -2.42. The number of halogens is 3. The Kier molecular flexibility index (Phi) is 9.78. The molecule has 2 aromatic carbocycles. The van der Waals surface area contributed by atoms with E-state index >= 15 is 0 Å². The fraction of sp³-hybridized carbons (Fsp3) is 0.407. The van der Waals surface area contributed by atoms with Gasteiger partial charge in [-0.2, -0.15) is 4.98 Å². The predicted octanol–water partition coefficient (Wildman–Crippen LogP) is 3.77. The third-order valence-corrected chi connectivity index (χ3v) is 6.42. The number of hydrogen-bond acceptors (Lipinski definition) is 10. The van der Waals surface area contributed by atoms with Gasteiger partial charge in [0.05, 0.1) is 12.3 Å². The first-order valence-corrected chi connectivity index (χ1v) is 12.6. The molecule has 2 heterocycles. The van der Waals surface area contributed by atoms with E-state index in [-0.39, 0.29) is 23.7 Å². The van der Waals surface area contributed by atoms with Crippen LogP contribution in [0.5, 0.6) is 5.75 Å². The van der Waals surface area contributed by atoms with Crippen molar-refractivity contribution >= 4 is 18.1 Å². The number of nitrogens with one attached hydrogen (secondary N) is 1. The molecule has 0 radical (unpaired) electrons. The molecular weight excluding hydrogens is 563 g/mol. The number of rotatable bonds is 10. The van der Waals surface area contributed by atoms with Gasteiger partial charge in [0.2, 0.25) is 5.95 Å². The lowest BCUT2D eigenvalue weighted by Crippen LogP contribution is -2.59. The van der Waals surface area contributed by atoms with E-state index in [4.69, 9.17) is 23.8 Å². The van der Waals surface area contributed by atoms with Gasteiger partial charge in [0.15, 0.2) is 11.9 Å². The molecule has 1 fully saturated rings. The number of aryl methyl sites for hydroxylation is 1. The summed E-state index contributed by atoms with van der Waals surface area (Å²) in [7, 11) is 6.26. The number of aromatic nitrogens is 3. The van der Waals surface area contributed by atoms with Gasteiger partial charge in [-0.3, -0.25) is 10.1 Å². The normalized spacial score (nSPS) is 22.7. The number of carbonyl (C=O) groups is 1. The Labute approximate surface area is 239 Å². The second-order valence-electron chi connectivity index (χ2n) is 9.18. The van der Waals surface area contributed by atoms with E-state index < -0.39 is 36.5 Å². The highest BCUT2D eigenvalue weighted by Crippen LogP contribution is 2.28. The van der Waals surface area contributed by atoms with Crippen LogP contribution in [0.2, 0.25) is 0 Å². The van der Waals surface area contributed by atoms with E-state index in [1.165, 1.54) is 30.1 Å². The molecule has 1 aliphatic rings. The van der Waals surface area contributed by atoms with Crippen LogP contribution < -0.4 is 10.1 Å². The van der Waals surface area contributed by atoms with Crippen molar-refractivity contribution in [2.75, 3.05) is 26.6 Å². The molecule has 42 heavy (non-hydrogen) atoms. The summed E-state index contributed by atoms with van der Waals surface area (Å²) in [5.74, 6) is -0.531. The van der Waals surface area contributed by atoms with E-state index in [0.29, 0.717) is 11.4 Å². The minimum absolute atomic E-state index is 0.112. The lowest BCUT2D eigenvalue weighted by atomic mass is 9.99. The zero-order valence-corrected chi connectivity index (χ0v) is 23.4. The molecule has 0 bridgehead atoms. The van der Waals surface area contributed by atoms with Gasteiger partial charge in [-0.25, -0.2) is 4.68 Å². The highest BCUT2D eigenvalue weighted by molar-refractivity contribution is 6.03. The van der Waals surface area contributed by atoms with Crippen LogP contribution in [0.3, 0.4) is 0 Å². The van der Waals surface area contributed by atoms with Gasteiger partial charge < -0.3 is 28.5 Å². The van der Waals surface area contributed by atoms with Crippen LogP contribution in [-0.4, -0.2) is 85.3 Å². The smallest absolute Gasteiger partial charge is 0.406 e. The second-order valence-corrected chi connectivity index (χ2v) is 9.18. The van der Waals surface area contributed by atoms with E-state index in [9.17, 15) is 18.0 Å². The topological polar surface area (TPSA) is 128 Å². The molecule has 3 aromatic rings. The summed E-state index contributed by atoms with van der Waals surface area (Å²) in [4.78, 5) is 22.5. The summed E-state index contributed by atoms with van der Waals surface area (Å²) >= 11 is 0. The SMILES string of the molecule is CO[C@@H]1[C@@H](OC)[C@H](C)O[C@@H](ON=Cc2ccc(-c3nc(NC(=O)c4ccc(OC(F)(F)F)cc4)n(C)n3)cc2)[C@@H]1OC. The highest BCUT2D eigenvalue weighted by Gasteiger charge is 2.47. The Hall–Kier alpha value is -4.05. The number of carbonyl (C=O) groups excluding carboxylic acids is 1. The van der Waals surface area contributed by atoms with Crippen LogP contribution in [0.1, 0.15) is 22.8 Å². The zero-order valence-electron chi connectivity index (χ0n) is 23.4. The highest BCUT2D eigenvalue weighted by atomic mass is 19.4. The summed E-state index contributed by atoms with van der Waals surface area (Å²) < 4.78 is 64.7. The molecule has 0 saturated carbocycles. The zero-order chi connectivity index (χ0) is 30.4. The molecule has 0 spiro atoms. The maximum Gasteiger partial charge on any atom is 0.573 e. The number of benzene rings is 2. The molecule has 15 heteroatoms. The first-order valence-electron chi connectivity index (χ1n) is 12.6. The molecule has 1 aromatic heterocycles. The Bertz CT molecular complexity index is 1370. The lowest BCUT2D eigenvalue weighted by molar-refractivity contribution is -0.305. The Morgan fingerprint density at radius 2 is 1.64 bits per heavy atom. The average Bonchev–Trinajstić information content (AvgIpc) is 3.32. The van der Waals surface area contributed by atoms with Crippen molar-refractivity contribution in [2.24, 2.45) is 12.2 Å². The molecular formula is C27H30F3N5O7. The van der Waals surface area contributed by atoms with Crippen molar-refractivity contribution in [1.82, 2.24) is 14.8 Å². The van der Waals surface area contributed by atoms with E-state index in [0.717, 1.165) is 17.7 Å². The first-order chi connectivity index (χ1) is 20.0. The number of oxime groups is 1. The minimum Gasteiger partial charge on any atom is -0.406 e. The fourth-order valence-electron chi connectivity index (χ4n) is 4.37. The summed E-state index contributed by atoms with van der Waals surface area (Å²) in [6.07, 6.45) is -5.75. The first kappa shape index (κ1) is 30.9. The fourth-order valence-corrected chi connectivity index (χ4v) is 4.37. The Balaban J connectivity index is 1.37. The Morgan fingerprint density at radius 3 is 2.24 bits per heavy atom. The van der Waals surface area contributed by atoms with Gasteiger partial charge in [-0.1, -0.05) is 29.4 Å². The largest absolute Gasteiger partial charge is 0.573 e. The molecule has 12 nitrogen and oxygen atoms in total. The van der Waals surface area contributed by atoms with Crippen molar-refractivity contribution in [2.45, 2.75) is 44.0 Å². The maximum atomic E-state index is 12.6. The van der Waals surface area contributed by atoms with Gasteiger partial charge >= 0.3 is 6.36 Å². The van der Waals surface area contributed by atoms with Crippen molar-refractivity contribution in [3.8, 4) is 17.1 Å². The van der Waals surface area contributed by atoms with Crippen LogP contribution in [0.25, 0.3) is 11.4 Å². The van der Waals surface area contributed by atoms with Gasteiger partial charge in [0.1, 0.15) is 18.0 Å². The number of amides is 1. The number of methoxy groups -OCH3 is 3. The van der Waals surface area contributed by atoms with E-state index in [1.54, 1.807) is 45.5 Å². The average molecular weight is 594 g/mol. The van der Waals surface area contributed by atoms with Crippen LogP contribution >= 0.6 is 0 Å². The quantitative estimate of drug-likeness (QED) is 0.276. The van der Waals surface area contributed by atoms with Gasteiger partial charge in [0, 0.05) is 39.5 Å². The monoisotopic (exact) mass is 593 g/mol. The Morgan fingerprint density at radius 1 is 1.00 bits per heavy atom. The maximum absolute atomic E-state index is 12.6. The van der Waals surface area contributed by atoms with Crippen LogP contribution in [0.15, 0.2) is 53.7 Å². The third kappa shape index (κ3) is 7.42. The van der Waals surface area contributed by atoms with Crippen LogP contribution in [0, 0.1) is 0 Å². The summed E-state index contributed by atoms with van der Waals surface area (Å²) in [6, 6.07) is 11.6. The second kappa shape index (κ2) is 13.3. The summed E-state index contributed by atoms with van der Waals surface area (Å²) in [5.41, 5.74) is 1.49. The number of alkyl halides is 3. The van der Waals surface area contributed by atoms with Crippen LogP contribution in [0.4, 0.5) is 19.1 Å². The summed E-state index contributed by atoms with van der Waals surface area (Å²) in [6.45, 7) is 1.85. The van der Waals surface area contributed by atoms with Gasteiger partial charge in [-0.15, -0.1) is 18.3 Å². The van der Waals surface area contributed by atoms with Crippen molar-refractivity contribution in [3.05, 3.63) is 59.7 Å². The van der Waals surface area contributed by atoms with Gasteiger partial charge in [0.25, 0.3) is 12.2 Å². The molecule has 1 saturated heterocycles. The number of hydrogen-bond donors (Lipinski definition) is 1. The predicted molar refractivity (Wildman–Crippen MR) is 143 cm³/mol.